The second-order valence-corrected chi connectivity index (χ2v) is 7.39. The van der Waals surface area contributed by atoms with Gasteiger partial charge in [-0.1, -0.05) is 30.3 Å². The van der Waals surface area contributed by atoms with Crippen molar-refractivity contribution in [3.63, 3.8) is 0 Å². The van der Waals surface area contributed by atoms with E-state index in [1.54, 1.807) is 30.5 Å². The van der Waals surface area contributed by atoms with Crippen LogP contribution in [0.15, 0.2) is 65.8 Å². The number of benzene rings is 2. The number of pyridine rings is 1. The number of nitrogens with one attached hydrogen (secondary N) is 1. The molecule has 2 amide bonds. The van der Waals surface area contributed by atoms with E-state index >= 15 is 0 Å². The monoisotopic (exact) mass is 460 g/mol. The summed E-state index contributed by atoms with van der Waals surface area (Å²) in [5, 5.41) is 2.79. The van der Waals surface area contributed by atoms with E-state index in [2.05, 4.69) is 15.3 Å². The number of aromatic nitrogens is 1. The molecule has 9 heteroatoms. The van der Waals surface area contributed by atoms with Crippen molar-refractivity contribution in [3.8, 4) is 17.2 Å². The number of anilines is 2. The van der Waals surface area contributed by atoms with Crippen LogP contribution >= 0.6 is 0 Å². The average Bonchev–Trinajstić information content (AvgIpc) is 3.00. The van der Waals surface area contributed by atoms with E-state index in [4.69, 9.17) is 14.2 Å². The molecule has 1 aliphatic rings. The van der Waals surface area contributed by atoms with E-state index < -0.39 is 5.91 Å². The van der Waals surface area contributed by atoms with Crippen molar-refractivity contribution in [2.24, 2.45) is 4.99 Å². The third-order valence-electron chi connectivity index (χ3n) is 5.25. The Kier molecular flexibility index (Phi) is 6.72. The standard InChI is InChI=1S/C25H24N4O5/c1-32-20-12-17(13-21(33-2)24(20)34-3)27-22(30)15-29-23(31)14-19(16-8-5-4-6-9-16)28-18-10-7-11-26-25(18)29/h4-13H,14-15H2,1-3H3,(H,27,30). The maximum absolute atomic E-state index is 13.2. The van der Waals surface area contributed by atoms with Gasteiger partial charge in [-0.05, 0) is 17.7 Å². The molecule has 1 aliphatic heterocycles. The molecule has 1 aromatic heterocycles. The van der Waals surface area contributed by atoms with Gasteiger partial charge in [0.1, 0.15) is 12.2 Å². The molecule has 4 rings (SSSR count). The van der Waals surface area contributed by atoms with Crippen molar-refractivity contribution < 1.29 is 23.8 Å². The van der Waals surface area contributed by atoms with Gasteiger partial charge in [-0.25, -0.2) is 9.98 Å². The predicted molar refractivity (Wildman–Crippen MR) is 129 cm³/mol. The molecule has 0 aliphatic carbocycles. The molecule has 0 saturated carbocycles. The van der Waals surface area contributed by atoms with Crippen LogP contribution in [-0.2, 0) is 9.59 Å². The first-order valence-electron chi connectivity index (χ1n) is 10.5. The third kappa shape index (κ3) is 4.68. The van der Waals surface area contributed by atoms with E-state index in [9.17, 15) is 9.59 Å². The Bertz CT molecular complexity index is 1220. The van der Waals surface area contributed by atoms with Crippen molar-refractivity contribution in [2.45, 2.75) is 6.42 Å². The lowest BCUT2D eigenvalue weighted by atomic mass is 10.1. The molecule has 174 valence electrons. The van der Waals surface area contributed by atoms with Gasteiger partial charge in [0.15, 0.2) is 17.3 Å². The van der Waals surface area contributed by atoms with E-state index in [-0.39, 0.29) is 18.9 Å². The molecular formula is C25H24N4O5. The van der Waals surface area contributed by atoms with Crippen LogP contribution in [0.2, 0.25) is 0 Å². The Hall–Kier alpha value is -4.40. The fourth-order valence-electron chi connectivity index (χ4n) is 3.68. The average molecular weight is 460 g/mol. The van der Waals surface area contributed by atoms with Crippen molar-refractivity contribution in [1.29, 1.82) is 0 Å². The Morgan fingerprint density at radius 1 is 1.00 bits per heavy atom. The summed E-state index contributed by atoms with van der Waals surface area (Å²) in [5.41, 5.74) is 2.42. The van der Waals surface area contributed by atoms with Gasteiger partial charge in [-0.15, -0.1) is 0 Å². The highest BCUT2D eigenvalue weighted by Gasteiger charge is 2.28. The van der Waals surface area contributed by atoms with Crippen molar-refractivity contribution in [1.82, 2.24) is 4.98 Å². The molecule has 1 N–H and O–H groups in total. The van der Waals surface area contributed by atoms with Gasteiger partial charge in [0, 0.05) is 24.0 Å². The lowest BCUT2D eigenvalue weighted by Crippen LogP contribution is -2.39. The summed E-state index contributed by atoms with van der Waals surface area (Å²) in [6, 6.07) is 16.2. The van der Waals surface area contributed by atoms with E-state index in [1.807, 2.05) is 30.3 Å². The first-order chi connectivity index (χ1) is 16.5. The number of amides is 2. The number of hydrogen-bond acceptors (Lipinski definition) is 7. The molecule has 34 heavy (non-hydrogen) atoms. The highest BCUT2D eigenvalue weighted by atomic mass is 16.5. The maximum atomic E-state index is 13.2. The summed E-state index contributed by atoms with van der Waals surface area (Å²) < 4.78 is 16.0. The first-order valence-corrected chi connectivity index (χ1v) is 10.5. The van der Waals surface area contributed by atoms with Gasteiger partial charge >= 0.3 is 0 Å². The van der Waals surface area contributed by atoms with Crippen molar-refractivity contribution in [3.05, 3.63) is 66.4 Å². The molecule has 9 nitrogen and oxygen atoms in total. The molecule has 3 aromatic rings. The van der Waals surface area contributed by atoms with Gasteiger partial charge in [-0.3, -0.25) is 14.5 Å². The van der Waals surface area contributed by atoms with Gasteiger partial charge in [0.05, 0.1) is 33.5 Å². The van der Waals surface area contributed by atoms with Crippen LogP contribution < -0.4 is 24.4 Å². The molecular weight excluding hydrogens is 436 g/mol. The number of rotatable bonds is 7. The fourth-order valence-corrected chi connectivity index (χ4v) is 3.68. The topological polar surface area (TPSA) is 102 Å². The summed E-state index contributed by atoms with van der Waals surface area (Å²) in [7, 11) is 4.48. The minimum absolute atomic E-state index is 0.0395. The molecule has 0 spiro atoms. The molecule has 0 radical (unpaired) electrons. The van der Waals surface area contributed by atoms with E-state index in [1.165, 1.54) is 26.2 Å². The summed E-state index contributed by atoms with van der Waals surface area (Å²) in [4.78, 5) is 36.5. The number of carbonyl (C=O) groups is 2. The van der Waals surface area contributed by atoms with Crippen LogP contribution in [0, 0.1) is 0 Å². The number of methoxy groups -OCH3 is 3. The minimum atomic E-state index is -0.414. The minimum Gasteiger partial charge on any atom is -0.493 e. The second-order valence-electron chi connectivity index (χ2n) is 7.39. The zero-order valence-corrected chi connectivity index (χ0v) is 19.1. The van der Waals surface area contributed by atoms with Gasteiger partial charge in [0.2, 0.25) is 17.6 Å². The largest absolute Gasteiger partial charge is 0.493 e. The normalized spacial score (nSPS) is 12.9. The quantitative estimate of drug-likeness (QED) is 0.578. The molecule has 2 aromatic carbocycles. The number of nitrogens with zero attached hydrogens (tertiary/aromatic N) is 3. The summed E-state index contributed by atoms with van der Waals surface area (Å²) in [6.07, 6.45) is 1.61. The number of ether oxygens (including phenoxy) is 3. The van der Waals surface area contributed by atoms with Crippen LogP contribution in [-0.4, -0.2) is 50.4 Å². The highest BCUT2D eigenvalue weighted by molar-refractivity contribution is 6.18. The van der Waals surface area contributed by atoms with Crippen LogP contribution in [0.1, 0.15) is 12.0 Å². The third-order valence-corrected chi connectivity index (χ3v) is 5.25. The Balaban J connectivity index is 1.59. The van der Waals surface area contributed by atoms with Crippen LogP contribution in [0.4, 0.5) is 17.2 Å². The first kappa shape index (κ1) is 22.8. The molecule has 0 unspecified atom stereocenters. The summed E-state index contributed by atoms with van der Waals surface area (Å²) >= 11 is 0. The zero-order chi connectivity index (χ0) is 24.1. The van der Waals surface area contributed by atoms with Crippen LogP contribution in [0.3, 0.4) is 0 Å². The number of aliphatic imine (C=N–C) groups is 1. The van der Waals surface area contributed by atoms with E-state index in [0.717, 1.165) is 5.56 Å². The van der Waals surface area contributed by atoms with Crippen molar-refractivity contribution in [2.75, 3.05) is 38.1 Å². The SMILES string of the molecule is COc1cc(NC(=O)CN2C(=O)CC(c3ccccc3)=Nc3cccnc32)cc(OC)c1OC. The van der Waals surface area contributed by atoms with E-state index in [0.29, 0.717) is 40.2 Å². The highest BCUT2D eigenvalue weighted by Crippen LogP contribution is 2.40. The molecule has 0 saturated heterocycles. The summed E-state index contributed by atoms with van der Waals surface area (Å²) in [6.45, 7) is -0.239. The predicted octanol–water partition coefficient (Wildman–Crippen LogP) is 3.60. The van der Waals surface area contributed by atoms with Crippen LogP contribution in [0.25, 0.3) is 0 Å². The molecule has 0 atom stereocenters. The fraction of sp³-hybridized carbons (Fsp3) is 0.200. The Labute approximate surface area is 197 Å². The lowest BCUT2D eigenvalue weighted by Gasteiger charge is -2.21. The lowest BCUT2D eigenvalue weighted by molar-refractivity contribution is -0.120. The van der Waals surface area contributed by atoms with Crippen LogP contribution in [0.5, 0.6) is 17.2 Å². The second kappa shape index (κ2) is 10.0. The summed E-state index contributed by atoms with van der Waals surface area (Å²) in [5.74, 6) is 0.849. The van der Waals surface area contributed by atoms with Gasteiger partial charge in [0.25, 0.3) is 0 Å². The smallest absolute Gasteiger partial charge is 0.244 e. The maximum Gasteiger partial charge on any atom is 0.244 e. The van der Waals surface area contributed by atoms with Gasteiger partial charge in [-0.2, -0.15) is 0 Å². The Morgan fingerprint density at radius 3 is 2.35 bits per heavy atom. The zero-order valence-electron chi connectivity index (χ0n) is 19.1. The number of hydrogen-bond donors (Lipinski definition) is 1. The van der Waals surface area contributed by atoms with Crippen molar-refractivity contribution >= 4 is 34.7 Å². The molecule has 2 heterocycles. The number of fused-ring (bicyclic) bond motifs is 1. The Morgan fingerprint density at radius 2 is 1.71 bits per heavy atom. The van der Waals surface area contributed by atoms with Gasteiger partial charge < -0.3 is 19.5 Å². The molecule has 0 bridgehead atoms. The number of carbonyl (C=O) groups excluding carboxylic acids is 2. The molecule has 0 fully saturated rings.